The molecule has 0 spiro atoms. The van der Waals surface area contributed by atoms with Crippen LogP contribution in [0.25, 0.3) is 21.5 Å². The Morgan fingerprint density at radius 1 is 1.00 bits per heavy atom. The highest BCUT2D eigenvalue weighted by atomic mass is 32.1. The molecule has 1 aliphatic rings. The van der Waals surface area contributed by atoms with Gasteiger partial charge in [-0.15, -0.1) is 0 Å². The number of nitrogens with one attached hydrogen (secondary N) is 3. The summed E-state index contributed by atoms with van der Waals surface area (Å²) in [6, 6.07) is 24.8. The zero-order valence-corrected chi connectivity index (χ0v) is 22.9. The van der Waals surface area contributed by atoms with Crippen LogP contribution < -0.4 is 20.8 Å². The summed E-state index contributed by atoms with van der Waals surface area (Å²) in [6.07, 6.45) is 1.66. The lowest BCUT2D eigenvalue weighted by Crippen LogP contribution is -2.45. The average molecular weight is 553 g/mol. The third-order valence-corrected chi connectivity index (χ3v) is 6.77. The first kappa shape index (κ1) is 26.8. The van der Waals surface area contributed by atoms with Crippen LogP contribution in [0, 0.1) is 0 Å². The smallest absolute Gasteiger partial charge is 0.338 e. The topological polar surface area (TPSA) is 101 Å². The van der Waals surface area contributed by atoms with Crippen molar-refractivity contribution in [1.82, 2.24) is 16.1 Å². The van der Waals surface area contributed by atoms with Gasteiger partial charge in [0, 0.05) is 16.8 Å². The van der Waals surface area contributed by atoms with Crippen LogP contribution in [0.3, 0.4) is 0 Å². The molecule has 0 bridgehead atoms. The fourth-order valence-electron chi connectivity index (χ4n) is 4.79. The van der Waals surface area contributed by atoms with E-state index >= 15 is 0 Å². The quantitative estimate of drug-likeness (QED) is 0.0942. The van der Waals surface area contributed by atoms with Crippen molar-refractivity contribution < 1.29 is 19.1 Å². The summed E-state index contributed by atoms with van der Waals surface area (Å²) in [4.78, 5) is 25.5. The molecule has 1 aliphatic heterocycles. The first-order valence-electron chi connectivity index (χ1n) is 12.9. The molecule has 40 heavy (non-hydrogen) atoms. The third kappa shape index (κ3) is 5.64. The Morgan fingerprint density at radius 3 is 2.35 bits per heavy atom. The number of hydrazone groups is 1. The number of ether oxygens (including phenoxy) is 2. The fraction of sp³-hybridized carbons (Fsp3) is 0.161. The molecule has 3 N–H and O–H groups in total. The molecule has 0 saturated heterocycles. The Hall–Kier alpha value is -4.76. The van der Waals surface area contributed by atoms with Gasteiger partial charge in [0.2, 0.25) is 0 Å². The molecule has 202 valence electrons. The summed E-state index contributed by atoms with van der Waals surface area (Å²) in [6.45, 7) is 3.47. The maximum atomic E-state index is 12.8. The predicted molar refractivity (Wildman–Crippen MR) is 160 cm³/mol. The molecule has 0 aliphatic carbocycles. The van der Waals surface area contributed by atoms with E-state index in [1.807, 2.05) is 48.5 Å². The van der Waals surface area contributed by atoms with Gasteiger partial charge in [0.1, 0.15) is 5.75 Å². The maximum absolute atomic E-state index is 12.8. The zero-order chi connectivity index (χ0) is 28.1. The van der Waals surface area contributed by atoms with E-state index in [4.69, 9.17) is 21.7 Å². The monoisotopic (exact) mass is 552 g/mol. The second kappa shape index (κ2) is 12.0. The number of hydrogen-bond donors (Lipinski definition) is 3. The van der Waals surface area contributed by atoms with Crippen molar-refractivity contribution in [3.8, 4) is 5.75 Å². The van der Waals surface area contributed by atoms with E-state index in [0.717, 1.165) is 27.1 Å². The molecule has 1 heterocycles. The molecule has 4 aromatic rings. The number of allylic oxidation sites excluding steroid dienone is 1. The molecular formula is C31H28N4O4S. The van der Waals surface area contributed by atoms with Crippen LogP contribution in [0.2, 0.25) is 0 Å². The number of fused-ring (bicyclic) bond motifs is 2. The normalized spacial score (nSPS) is 15.2. The number of carbonyl (C=O) groups is 2. The van der Waals surface area contributed by atoms with E-state index in [0.29, 0.717) is 27.7 Å². The highest BCUT2D eigenvalue weighted by Gasteiger charge is 2.32. The van der Waals surface area contributed by atoms with Gasteiger partial charge in [0.05, 0.1) is 24.4 Å². The lowest BCUT2D eigenvalue weighted by atomic mass is 9.95. The van der Waals surface area contributed by atoms with Gasteiger partial charge >= 0.3 is 5.97 Å². The highest BCUT2D eigenvalue weighted by Crippen LogP contribution is 2.33. The molecule has 5 rings (SSSR count). The molecule has 9 heteroatoms. The minimum absolute atomic E-state index is 0.236. The van der Waals surface area contributed by atoms with E-state index in [9.17, 15) is 9.59 Å². The van der Waals surface area contributed by atoms with E-state index in [-0.39, 0.29) is 13.2 Å². The number of rotatable bonds is 8. The number of para-hydroxylation sites is 1. The van der Waals surface area contributed by atoms with Crippen LogP contribution in [-0.4, -0.2) is 36.4 Å². The lowest BCUT2D eigenvalue weighted by Gasteiger charge is -2.30. The number of nitrogens with zero attached hydrogens (tertiary/aromatic N) is 1. The van der Waals surface area contributed by atoms with Gasteiger partial charge in [-0.1, -0.05) is 66.7 Å². The van der Waals surface area contributed by atoms with Crippen LogP contribution in [0.15, 0.2) is 95.2 Å². The zero-order valence-electron chi connectivity index (χ0n) is 22.1. The van der Waals surface area contributed by atoms with Crippen molar-refractivity contribution in [2.24, 2.45) is 5.10 Å². The second-order valence-corrected chi connectivity index (χ2v) is 9.55. The molecule has 0 fully saturated rings. The van der Waals surface area contributed by atoms with Crippen LogP contribution in [0.1, 0.15) is 31.0 Å². The Labute approximate surface area is 237 Å². The number of benzene rings is 4. The van der Waals surface area contributed by atoms with Gasteiger partial charge in [0.15, 0.2) is 11.7 Å². The summed E-state index contributed by atoms with van der Waals surface area (Å²) in [5.74, 6) is -0.462. The lowest BCUT2D eigenvalue weighted by molar-refractivity contribution is -0.139. The molecule has 4 aromatic carbocycles. The third-order valence-electron chi connectivity index (χ3n) is 6.55. The fourth-order valence-corrected chi connectivity index (χ4v) is 5.06. The summed E-state index contributed by atoms with van der Waals surface area (Å²) < 4.78 is 11.2. The number of carbonyl (C=O) groups excluding carboxylic acids is 2. The van der Waals surface area contributed by atoms with Crippen molar-refractivity contribution in [1.29, 1.82) is 0 Å². The highest BCUT2D eigenvalue weighted by molar-refractivity contribution is 7.80. The van der Waals surface area contributed by atoms with Gasteiger partial charge in [-0.25, -0.2) is 10.2 Å². The number of amides is 1. The summed E-state index contributed by atoms with van der Waals surface area (Å²) >= 11 is 5.33. The van der Waals surface area contributed by atoms with Gasteiger partial charge in [-0.05, 0) is 59.7 Å². The Balaban J connectivity index is 1.33. The largest absolute Gasteiger partial charge is 0.483 e. The molecule has 1 amide bonds. The molecule has 0 unspecified atom stereocenters. The van der Waals surface area contributed by atoms with Crippen molar-refractivity contribution in [2.75, 3.05) is 13.2 Å². The van der Waals surface area contributed by atoms with Gasteiger partial charge in [0.25, 0.3) is 5.91 Å². The summed E-state index contributed by atoms with van der Waals surface area (Å²) in [7, 11) is 0. The van der Waals surface area contributed by atoms with Crippen molar-refractivity contribution in [3.05, 3.63) is 101 Å². The first-order chi connectivity index (χ1) is 19.5. The number of hydrogen-bond acceptors (Lipinski definition) is 6. The van der Waals surface area contributed by atoms with E-state index in [2.05, 4.69) is 39.4 Å². The Bertz CT molecular complexity index is 1630. The van der Waals surface area contributed by atoms with E-state index < -0.39 is 17.9 Å². The Kier molecular flexibility index (Phi) is 8.02. The van der Waals surface area contributed by atoms with Crippen LogP contribution in [-0.2, 0) is 14.3 Å². The van der Waals surface area contributed by atoms with Crippen molar-refractivity contribution in [2.45, 2.75) is 19.9 Å². The minimum Gasteiger partial charge on any atom is -0.483 e. The summed E-state index contributed by atoms with van der Waals surface area (Å²) in [5, 5.41) is 15.0. The van der Waals surface area contributed by atoms with Crippen molar-refractivity contribution >= 4 is 57.0 Å². The predicted octanol–water partition coefficient (Wildman–Crippen LogP) is 4.88. The standard InChI is InChI=1S/C31H28N4O4S/c1-3-38-30(37)28-19(2)33-31(40)34-29(28)24-14-8-9-15-26(24)39-18-27(36)35-32-17-25-22-12-6-4-10-20(22)16-21-11-5-7-13-23(21)25/h4-17,29H,3,18H2,1-2H3,(H,35,36)(H2,33,34,40)/t29-/m0/s1. The van der Waals surface area contributed by atoms with Gasteiger partial charge in [-0.2, -0.15) is 5.10 Å². The molecule has 0 aromatic heterocycles. The van der Waals surface area contributed by atoms with Gasteiger partial charge in [-0.3, -0.25) is 4.79 Å². The first-order valence-corrected chi connectivity index (χ1v) is 13.3. The van der Waals surface area contributed by atoms with E-state index in [1.165, 1.54) is 0 Å². The maximum Gasteiger partial charge on any atom is 0.338 e. The van der Waals surface area contributed by atoms with Crippen LogP contribution >= 0.6 is 12.2 Å². The number of esters is 1. The number of thiocarbonyl (C=S) groups is 1. The summed E-state index contributed by atoms with van der Waals surface area (Å²) in [5.41, 5.74) is 5.11. The Morgan fingerprint density at radius 2 is 1.65 bits per heavy atom. The molecular weight excluding hydrogens is 524 g/mol. The second-order valence-electron chi connectivity index (χ2n) is 9.14. The minimum atomic E-state index is -0.607. The average Bonchev–Trinajstić information content (AvgIpc) is 2.95. The van der Waals surface area contributed by atoms with Gasteiger partial charge < -0.3 is 20.1 Å². The molecule has 0 saturated carbocycles. The van der Waals surface area contributed by atoms with Crippen LogP contribution in [0.4, 0.5) is 0 Å². The van der Waals surface area contributed by atoms with Crippen molar-refractivity contribution in [3.63, 3.8) is 0 Å². The SMILES string of the molecule is CCOC(=O)C1=C(C)NC(=S)N[C@H]1c1ccccc1OCC(=O)NN=Cc1c2ccccc2cc2ccccc12. The van der Waals surface area contributed by atoms with E-state index in [1.54, 1.807) is 32.2 Å². The molecule has 1 atom stereocenters. The van der Waals surface area contributed by atoms with Crippen LogP contribution in [0.5, 0.6) is 5.75 Å². The molecule has 0 radical (unpaired) electrons. The molecule has 8 nitrogen and oxygen atoms in total.